The highest BCUT2D eigenvalue weighted by Gasteiger charge is 2.21. The second kappa shape index (κ2) is 8.71. The lowest BCUT2D eigenvalue weighted by Gasteiger charge is -2.17. The SMILES string of the molecule is Cc1ccc(C(=O)CC(Sc2ccccc2N)c2cccc([N+](=O)[O-])c2)cc1. The van der Waals surface area contributed by atoms with Crippen molar-refractivity contribution < 1.29 is 9.72 Å². The van der Waals surface area contributed by atoms with Crippen LogP contribution in [0.15, 0.2) is 77.7 Å². The maximum absolute atomic E-state index is 12.9. The standard InChI is InChI=1S/C22H20N2O3S/c1-15-9-11-16(12-10-15)20(25)14-22(28-21-8-3-2-7-19(21)23)17-5-4-6-18(13-17)24(26)27/h2-13,22H,14,23H2,1H3. The van der Waals surface area contributed by atoms with Gasteiger partial charge in [-0.3, -0.25) is 14.9 Å². The number of anilines is 1. The van der Waals surface area contributed by atoms with Crippen molar-refractivity contribution in [3.8, 4) is 0 Å². The maximum atomic E-state index is 12.9. The third kappa shape index (κ3) is 4.78. The molecule has 0 aliphatic carbocycles. The number of aryl methyl sites for hydroxylation is 1. The van der Waals surface area contributed by atoms with E-state index in [2.05, 4.69) is 0 Å². The van der Waals surface area contributed by atoms with Crippen LogP contribution >= 0.6 is 11.8 Å². The summed E-state index contributed by atoms with van der Waals surface area (Å²) in [5.74, 6) is -0.0153. The van der Waals surface area contributed by atoms with Gasteiger partial charge in [-0.15, -0.1) is 11.8 Å². The summed E-state index contributed by atoms with van der Waals surface area (Å²) in [7, 11) is 0. The van der Waals surface area contributed by atoms with Crippen LogP contribution in [-0.4, -0.2) is 10.7 Å². The van der Waals surface area contributed by atoms with Crippen LogP contribution in [0.4, 0.5) is 11.4 Å². The molecule has 3 rings (SSSR count). The van der Waals surface area contributed by atoms with E-state index in [0.29, 0.717) is 11.3 Å². The molecule has 0 aromatic heterocycles. The van der Waals surface area contributed by atoms with Gasteiger partial charge in [0, 0.05) is 39.9 Å². The molecule has 0 saturated carbocycles. The Kier molecular flexibility index (Phi) is 6.11. The molecule has 0 radical (unpaired) electrons. The number of nitrogens with zero attached hydrogens (tertiary/aromatic N) is 1. The van der Waals surface area contributed by atoms with Crippen LogP contribution in [0.2, 0.25) is 0 Å². The first kappa shape index (κ1) is 19.6. The molecule has 1 unspecified atom stereocenters. The van der Waals surface area contributed by atoms with E-state index in [1.807, 2.05) is 55.5 Å². The fraction of sp³-hybridized carbons (Fsp3) is 0.136. The van der Waals surface area contributed by atoms with Gasteiger partial charge in [0.05, 0.1) is 4.92 Å². The largest absolute Gasteiger partial charge is 0.398 e. The molecule has 0 heterocycles. The average molecular weight is 392 g/mol. The van der Waals surface area contributed by atoms with Crippen LogP contribution in [-0.2, 0) is 0 Å². The lowest BCUT2D eigenvalue weighted by atomic mass is 10.0. The quantitative estimate of drug-likeness (QED) is 0.186. The zero-order valence-electron chi connectivity index (χ0n) is 15.4. The molecule has 5 nitrogen and oxygen atoms in total. The Morgan fingerprint density at radius 2 is 1.79 bits per heavy atom. The molecule has 2 N–H and O–H groups in total. The number of ketones is 1. The van der Waals surface area contributed by atoms with Gasteiger partial charge < -0.3 is 5.73 Å². The van der Waals surface area contributed by atoms with Crippen LogP contribution in [0, 0.1) is 17.0 Å². The van der Waals surface area contributed by atoms with Gasteiger partial charge in [-0.2, -0.15) is 0 Å². The molecule has 28 heavy (non-hydrogen) atoms. The Hall–Kier alpha value is -3.12. The predicted octanol–water partition coefficient (Wildman–Crippen LogP) is 5.59. The molecule has 6 heteroatoms. The molecule has 3 aromatic rings. The smallest absolute Gasteiger partial charge is 0.269 e. The van der Waals surface area contributed by atoms with Crippen molar-refractivity contribution in [1.82, 2.24) is 0 Å². The summed E-state index contributed by atoms with van der Waals surface area (Å²) in [4.78, 5) is 24.4. The number of hydrogen-bond acceptors (Lipinski definition) is 5. The van der Waals surface area contributed by atoms with E-state index in [9.17, 15) is 14.9 Å². The summed E-state index contributed by atoms with van der Waals surface area (Å²) in [5, 5.41) is 10.9. The van der Waals surface area contributed by atoms with Crippen LogP contribution < -0.4 is 5.73 Å². The second-order valence-corrected chi connectivity index (χ2v) is 7.73. The lowest BCUT2D eigenvalue weighted by Crippen LogP contribution is -2.06. The molecule has 1 atom stereocenters. The number of rotatable bonds is 7. The first-order valence-corrected chi connectivity index (χ1v) is 9.67. The van der Waals surface area contributed by atoms with Gasteiger partial charge in [-0.25, -0.2) is 0 Å². The Morgan fingerprint density at radius 1 is 1.07 bits per heavy atom. The van der Waals surface area contributed by atoms with E-state index in [4.69, 9.17) is 5.73 Å². The van der Waals surface area contributed by atoms with Crippen molar-refractivity contribution in [2.45, 2.75) is 23.5 Å². The zero-order chi connectivity index (χ0) is 20.1. The minimum Gasteiger partial charge on any atom is -0.398 e. The number of nitro groups is 1. The Labute approximate surface area is 167 Å². The minimum absolute atomic E-state index is 0.00641. The zero-order valence-corrected chi connectivity index (χ0v) is 16.2. The maximum Gasteiger partial charge on any atom is 0.269 e. The third-order valence-electron chi connectivity index (χ3n) is 4.39. The highest BCUT2D eigenvalue weighted by molar-refractivity contribution is 7.99. The normalized spacial score (nSPS) is 11.8. The second-order valence-electron chi connectivity index (χ2n) is 6.49. The molecule has 0 bridgehead atoms. The summed E-state index contributed by atoms with van der Waals surface area (Å²) in [6.07, 6.45) is 0.212. The molecule has 0 aliphatic heterocycles. The van der Waals surface area contributed by atoms with Crippen molar-refractivity contribution >= 4 is 28.9 Å². The fourth-order valence-electron chi connectivity index (χ4n) is 2.83. The van der Waals surface area contributed by atoms with Crippen LogP contribution in [0.3, 0.4) is 0 Å². The van der Waals surface area contributed by atoms with Gasteiger partial charge in [0.2, 0.25) is 0 Å². The van der Waals surface area contributed by atoms with Gasteiger partial charge >= 0.3 is 0 Å². The molecule has 0 fully saturated rings. The van der Waals surface area contributed by atoms with Gasteiger partial charge in [0.15, 0.2) is 5.78 Å². The molecule has 142 valence electrons. The molecule has 3 aromatic carbocycles. The summed E-state index contributed by atoms with van der Waals surface area (Å²) in [6.45, 7) is 1.97. The lowest BCUT2D eigenvalue weighted by molar-refractivity contribution is -0.384. The monoisotopic (exact) mass is 392 g/mol. The molecule has 0 spiro atoms. The van der Waals surface area contributed by atoms with Crippen molar-refractivity contribution in [2.24, 2.45) is 0 Å². The predicted molar refractivity (Wildman–Crippen MR) is 113 cm³/mol. The molecule has 0 amide bonds. The first-order valence-electron chi connectivity index (χ1n) is 8.79. The number of carbonyl (C=O) groups is 1. The number of para-hydroxylation sites is 1. The van der Waals surface area contributed by atoms with Crippen molar-refractivity contribution in [3.63, 3.8) is 0 Å². The van der Waals surface area contributed by atoms with E-state index >= 15 is 0 Å². The number of nitrogen functional groups attached to an aromatic ring is 1. The Bertz CT molecular complexity index is 1000. The summed E-state index contributed by atoms with van der Waals surface area (Å²) in [6, 6.07) is 21.3. The van der Waals surface area contributed by atoms with Crippen molar-refractivity contribution in [1.29, 1.82) is 0 Å². The summed E-state index contributed by atoms with van der Waals surface area (Å²) in [5.41, 5.74) is 9.13. The number of thioether (sulfide) groups is 1. The van der Waals surface area contributed by atoms with Crippen LogP contribution in [0.5, 0.6) is 0 Å². The van der Waals surface area contributed by atoms with Crippen LogP contribution in [0.25, 0.3) is 0 Å². The number of benzene rings is 3. The number of Topliss-reactive ketones (excluding diaryl/α,β-unsaturated/α-hetero) is 1. The van der Waals surface area contributed by atoms with Crippen molar-refractivity contribution in [3.05, 3.63) is 99.6 Å². The molecule has 0 aliphatic rings. The fourth-order valence-corrected chi connectivity index (χ4v) is 4.02. The number of nitro benzene ring substituents is 1. The summed E-state index contributed by atoms with van der Waals surface area (Å²) >= 11 is 1.45. The molecular weight excluding hydrogens is 372 g/mol. The van der Waals surface area contributed by atoms with Crippen LogP contribution in [0.1, 0.15) is 33.2 Å². The van der Waals surface area contributed by atoms with Crippen molar-refractivity contribution in [2.75, 3.05) is 5.73 Å². The Balaban J connectivity index is 1.93. The van der Waals surface area contributed by atoms with Gasteiger partial charge in [-0.1, -0.05) is 54.1 Å². The highest BCUT2D eigenvalue weighted by Crippen LogP contribution is 2.41. The molecule has 0 saturated heterocycles. The highest BCUT2D eigenvalue weighted by atomic mass is 32.2. The van der Waals surface area contributed by atoms with E-state index in [1.54, 1.807) is 12.1 Å². The van der Waals surface area contributed by atoms with E-state index in [1.165, 1.54) is 23.9 Å². The Morgan fingerprint density at radius 3 is 2.46 bits per heavy atom. The average Bonchev–Trinajstić information content (AvgIpc) is 2.69. The van der Waals surface area contributed by atoms with E-state index < -0.39 is 4.92 Å². The molecular formula is C22H20N2O3S. The van der Waals surface area contributed by atoms with Gasteiger partial charge in [0.25, 0.3) is 5.69 Å². The van der Waals surface area contributed by atoms with Gasteiger partial charge in [0.1, 0.15) is 0 Å². The topological polar surface area (TPSA) is 86.2 Å². The number of non-ortho nitro benzene ring substituents is 1. The van der Waals surface area contributed by atoms with E-state index in [-0.39, 0.29) is 23.1 Å². The third-order valence-corrected chi connectivity index (χ3v) is 5.73. The van der Waals surface area contributed by atoms with Gasteiger partial charge in [-0.05, 0) is 24.6 Å². The summed E-state index contributed by atoms with van der Waals surface area (Å²) < 4.78 is 0. The first-order chi connectivity index (χ1) is 13.4. The number of carbonyl (C=O) groups excluding carboxylic acids is 1. The van der Waals surface area contributed by atoms with E-state index in [0.717, 1.165) is 16.0 Å². The number of hydrogen-bond donors (Lipinski definition) is 1. The number of nitrogens with two attached hydrogens (primary N) is 1. The minimum atomic E-state index is -0.427.